The number of fused-ring (bicyclic) bond motifs is 2. The van der Waals surface area contributed by atoms with Crippen LogP contribution < -0.4 is 14.8 Å². The summed E-state index contributed by atoms with van der Waals surface area (Å²) in [6.07, 6.45) is 8.06. The molecule has 5 fully saturated rings. The van der Waals surface area contributed by atoms with E-state index in [2.05, 4.69) is 22.3 Å². The second kappa shape index (κ2) is 7.11. The Morgan fingerprint density at radius 1 is 1.26 bits per heavy atom. The molecule has 0 radical (unpaired) electrons. The van der Waals surface area contributed by atoms with Crippen molar-refractivity contribution in [2.75, 3.05) is 40.4 Å². The molecule has 2 aliphatic heterocycles. The summed E-state index contributed by atoms with van der Waals surface area (Å²) in [6.45, 7) is 2.98. The largest absolute Gasteiger partial charge is 0.493 e. The normalized spacial score (nSPS) is 41.2. The number of benzene rings is 1. The first-order chi connectivity index (χ1) is 16.5. The van der Waals surface area contributed by atoms with Gasteiger partial charge in [-0.25, -0.2) is 0 Å². The van der Waals surface area contributed by atoms with Crippen LogP contribution >= 0.6 is 0 Å². The first kappa shape index (κ1) is 21.5. The number of hydrogen-bond acceptors (Lipinski definition) is 6. The average Bonchev–Trinajstić information content (AvgIpc) is 3.57. The van der Waals surface area contributed by atoms with Crippen molar-refractivity contribution in [1.82, 2.24) is 10.2 Å². The van der Waals surface area contributed by atoms with Gasteiger partial charge in [-0.05, 0) is 69.0 Å². The number of ether oxygens (including phenoxy) is 3. The number of likely N-dealkylation sites (tertiary alicyclic amines) is 1. The predicted octanol–water partition coefficient (Wildman–Crippen LogP) is 2.59. The zero-order valence-corrected chi connectivity index (χ0v) is 20.3. The van der Waals surface area contributed by atoms with Gasteiger partial charge in [0.1, 0.15) is 11.7 Å². The summed E-state index contributed by atoms with van der Waals surface area (Å²) in [5.74, 6) is 2.06. The topological polar surface area (TPSA) is 80.3 Å². The van der Waals surface area contributed by atoms with Crippen molar-refractivity contribution >= 4 is 5.97 Å². The number of carboxylic acid groups (broad SMARTS) is 1. The molecule has 7 heteroatoms. The highest BCUT2D eigenvalue weighted by atomic mass is 16.6. The van der Waals surface area contributed by atoms with E-state index in [4.69, 9.17) is 14.2 Å². The highest BCUT2D eigenvalue weighted by molar-refractivity contribution is 5.69. The third-order valence-electron chi connectivity index (χ3n) is 10.7. The van der Waals surface area contributed by atoms with Gasteiger partial charge in [-0.15, -0.1) is 0 Å². The lowest BCUT2D eigenvalue weighted by molar-refractivity contribution is -0.276. The molecule has 0 aromatic heterocycles. The van der Waals surface area contributed by atoms with E-state index in [-0.39, 0.29) is 29.4 Å². The molecule has 1 aromatic rings. The fourth-order valence-corrected chi connectivity index (χ4v) is 9.29. The molecule has 5 aliphatic carbocycles. The first-order valence-electron chi connectivity index (χ1n) is 13.1. The number of nitrogens with one attached hydrogen (secondary N) is 1. The molecule has 184 valence electrons. The fourth-order valence-electron chi connectivity index (χ4n) is 9.29. The van der Waals surface area contributed by atoms with Gasteiger partial charge in [-0.1, -0.05) is 6.07 Å². The maximum atomic E-state index is 11.3. The van der Waals surface area contributed by atoms with E-state index in [1.54, 1.807) is 7.11 Å². The van der Waals surface area contributed by atoms with Crippen LogP contribution in [0.5, 0.6) is 11.5 Å². The first-order valence-corrected chi connectivity index (χ1v) is 13.1. The molecule has 2 spiro atoms. The third kappa shape index (κ3) is 2.46. The predicted molar refractivity (Wildman–Crippen MR) is 126 cm³/mol. The Balaban J connectivity index is 1.39. The molecule has 1 aromatic carbocycles. The van der Waals surface area contributed by atoms with Crippen molar-refractivity contribution in [3.8, 4) is 11.5 Å². The van der Waals surface area contributed by atoms with Crippen LogP contribution in [0.25, 0.3) is 0 Å². The van der Waals surface area contributed by atoms with Crippen LogP contribution in [0.2, 0.25) is 0 Å². The summed E-state index contributed by atoms with van der Waals surface area (Å²) in [5.41, 5.74) is 2.51. The van der Waals surface area contributed by atoms with Crippen LogP contribution in [-0.2, 0) is 21.4 Å². The summed E-state index contributed by atoms with van der Waals surface area (Å²) < 4.78 is 19.3. The Kier molecular flexibility index (Phi) is 4.49. The van der Waals surface area contributed by atoms with Crippen LogP contribution in [0.3, 0.4) is 0 Å². The Hall–Kier alpha value is -1.83. The van der Waals surface area contributed by atoms with E-state index in [9.17, 15) is 9.90 Å². The molecule has 6 atom stereocenters. The number of carboxylic acids is 1. The van der Waals surface area contributed by atoms with Gasteiger partial charge in [0, 0.05) is 48.6 Å². The number of carbonyl (C=O) groups is 1. The molecule has 4 saturated carbocycles. The van der Waals surface area contributed by atoms with Gasteiger partial charge in [0.25, 0.3) is 0 Å². The number of piperidine rings is 1. The summed E-state index contributed by atoms with van der Waals surface area (Å²) in [4.78, 5) is 14.1. The molecular weight excluding hydrogens is 432 g/mol. The van der Waals surface area contributed by atoms with Crippen LogP contribution in [0.1, 0.15) is 49.7 Å². The Bertz CT molecular complexity index is 1040. The van der Waals surface area contributed by atoms with Gasteiger partial charge in [0.2, 0.25) is 0 Å². The maximum Gasteiger partial charge on any atom is 0.317 e. The lowest BCUT2D eigenvalue weighted by Crippen LogP contribution is -2.81. The highest BCUT2D eigenvalue weighted by Crippen LogP contribution is 2.76. The lowest BCUT2D eigenvalue weighted by atomic mass is 9.35. The quantitative estimate of drug-likeness (QED) is 0.607. The molecule has 2 heterocycles. The van der Waals surface area contributed by atoms with Gasteiger partial charge < -0.3 is 24.6 Å². The molecule has 2 N–H and O–H groups in total. The van der Waals surface area contributed by atoms with E-state index in [0.29, 0.717) is 12.6 Å². The highest BCUT2D eigenvalue weighted by Gasteiger charge is 2.80. The van der Waals surface area contributed by atoms with Gasteiger partial charge in [0.05, 0.1) is 13.7 Å². The lowest BCUT2D eigenvalue weighted by Gasteiger charge is -2.74. The van der Waals surface area contributed by atoms with E-state index in [0.717, 1.165) is 56.1 Å². The van der Waals surface area contributed by atoms with Crippen LogP contribution in [0.4, 0.5) is 0 Å². The summed E-state index contributed by atoms with van der Waals surface area (Å²) in [7, 11) is 3.58. The van der Waals surface area contributed by atoms with Gasteiger partial charge >= 0.3 is 5.97 Å². The Morgan fingerprint density at radius 3 is 2.85 bits per heavy atom. The number of nitrogens with zero attached hydrogens (tertiary/aromatic N) is 1. The molecule has 3 unspecified atom stereocenters. The summed E-state index contributed by atoms with van der Waals surface area (Å²) in [6, 6.07) is 4.89. The zero-order chi connectivity index (χ0) is 23.3. The number of rotatable bonds is 8. The second-order valence-electron chi connectivity index (χ2n) is 11.7. The van der Waals surface area contributed by atoms with Crippen molar-refractivity contribution in [3.05, 3.63) is 23.3 Å². The van der Waals surface area contributed by atoms with Gasteiger partial charge in [-0.2, -0.15) is 0 Å². The number of aliphatic carboxylic acids is 1. The molecule has 8 rings (SSSR count). The molecule has 7 nitrogen and oxygen atoms in total. The van der Waals surface area contributed by atoms with E-state index >= 15 is 0 Å². The van der Waals surface area contributed by atoms with Crippen LogP contribution in [0, 0.1) is 17.3 Å². The minimum atomic E-state index is -0.814. The minimum absolute atomic E-state index is 0.0185. The standard InChI is InChI=1S/C27H36N2O5/c1-32-19-6-5-17-11-20-25-7-8-27(33-2,18(12-25)13-28-14-21(30)31)24-26(25,22(17)23(19)34-24)9-10-29(20)15-16-3-4-16/h5-6,16,18,20,24,28H,3-4,7-15H2,1-2H3,(H,30,31)/t18-,20-,24-,25?,26?,27?/m1/s1. The van der Waals surface area contributed by atoms with E-state index < -0.39 is 11.6 Å². The number of hydrogen-bond donors (Lipinski definition) is 2. The molecule has 1 saturated heterocycles. The Morgan fingerprint density at radius 2 is 2.12 bits per heavy atom. The van der Waals surface area contributed by atoms with Crippen molar-refractivity contribution < 1.29 is 24.1 Å². The third-order valence-corrected chi connectivity index (χ3v) is 10.7. The average molecular weight is 469 g/mol. The molecule has 34 heavy (non-hydrogen) atoms. The van der Waals surface area contributed by atoms with Gasteiger partial charge in [0.15, 0.2) is 11.5 Å². The minimum Gasteiger partial charge on any atom is -0.493 e. The summed E-state index contributed by atoms with van der Waals surface area (Å²) in [5, 5.41) is 12.5. The van der Waals surface area contributed by atoms with Crippen LogP contribution in [0.15, 0.2) is 12.1 Å². The van der Waals surface area contributed by atoms with Crippen molar-refractivity contribution in [1.29, 1.82) is 0 Å². The molecule has 0 amide bonds. The maximum absolute atomic E-state index is 11.3. The molecular formula is C27H36N2O5. The van der Waals surface area contributed by atoms with E-state index in [1.165, 1.54) is 30.5 Å². The van der Waals surface area contributed by atoms with Crippen molar-refractivity contribution in [3.63, 3.8) is 0 Å². The second-order valence-corrected chi connectivity index (χ2v) is 11.7. The Labute approximate surface area is 201 Å². The van der Waals surface area contributed by atoms with E-state index in [1.807, 2.05) is 7.11 Å². The monoisotopic (exact) mass is 468 g/mol. The smallest absolute Gasteiger partial charge is 0.317 e. The van der Waals surface area contributed by atoms with Gasteiger partial charge in [-0.3, -0.25) is 9.69 Å². The summed E-state index contributed by atoms with van der Waals surface area (Å²) >= 11 is 0. The van der Waals surface area contributed by atoms with Crippen molar-refractivity contribution in [2.24, 2.45) is 17.3 Å². The molecule has 4 bridgehead atoms. The fraction of sp³-hybridized carbons (Fsp3) is 0.741. The SMILES string of the molecule is COc1ccc2c3c1O[C@H]1C4(OC)CCC5(C[C@@H]4CNCC(=O)O)[C@@H](C2)N(CC2CC2)CCC315. The van der Waals surface area contributed by atoms with Crippen LogP contribution in [-0.4, -0.2) is 74.1 Å². The zero-order valence-electron chi connectivity index (χ0n) is 20.3. The molecule has 7 aliphatic rings. The van der Waals surface area contributed by atoms with Crippen molar-refractivity contribution in [2.45, 2.75) is 68.1 Å². The number of methoxy groups -OCH3 is 2.